The van der Waals surface area contributed by atoms with Gasteiger partial charge in [0, 0.05) is 31.6 Å². The van der Waals surface area contributed by atoms with Gasteiger partial charge in [-0.25, -0.2) is 17.1 Å². The summed E-state index contributed by atoms with van der Waals surface area (Å²) in [5.74, 6) is 0.330. The normalized spacial score (nSPS) is 19.0. The molecule has 1 aliphatic heterocycles. The number of sulfonamides is 1. The number of nitrogens with zero attached hydrogens (tertiary/aromatic N) is 4. The van der Waals surface area contributed by atoms with E-state index in [4.69, 9.17) is 0 Å². The standard InChI is InChI=1S/C16H21FN4O2S/c1-2-20-12-18-19-16(20)9-13-7-8-21(10-13)24(22,23)11-14-5-3-4-6-15(14)17/h3-6,12-13H,2,7-11H2,1H3. The molecule has 2 aromatic rings. The Morgan fingerprint density at radius 2 is 2.12 bits per heavy atom. The topological polar surface area (TPSA) is 68.1 Å². The summed E-state index contributed by atoms with van der Waals surface area (Å²) in [6.45, 7) is 3.74. The molecule has 1 aliphatic rings. The third-order valence-electron chi connectivity index (χ3n) is 4.45. The highest BCUT2D eigenvalue weighted by Crippen LogP contribution is 2.24. The fourth-order valence-corrected chi connectivity index (χ4v) is 4.71. The number of hydrogen-bond donors (Lipinski definition) is 0. The molecule has 1 saturated heterocycles. The lowest BCUT2D eigenvalue weighted by atomic mass is 10.0. The van der Waals surface area contributed by atoms with E-state index in [0.29, 0.717) is 19.5 Å². The average Bonchev–Trinajstić information content (AvgIpc) is 3.19. The van der Waals surface area contributed by atoms with E-state index in [2.05, 4.69) is 10.2 Å². The molecule has 6 nitrogen and oxygen atoms in total. The van der Waals surface area contributed by atoms with Gasteiger partial charge < -0.3 is 4.57 Å². The molecule has 0 amide bonds. The van der Waals surface area contributed by atoms with Crippen LogP contribution in [0.15, 0.2) is 30.6 Å². The van der Waals surface area contributed by atoms with Crippen LogP contribution in [-0.2, 0) is 28.7 Å². The van der Waals surface area contributed by atoms with E-state index in [-0.39, 0.29) is 17.2 Å². The zero-order chi connectivity index (χ0) is 17.2. The van der Waals surface area contributed by atoms with Crippen LogP contribution in [-0.4, -0.2) is 40.6 Å². The number of rotatable bonds is 6. The minimum Gasteiger partial charge on any atom is -0.318 e. The van der Waals surface area contributed by atoms with Crippen LogP contribution in [0.25, 0.3) is 0 Å². The summed E-state index contributed by atoms with van der Waals surface area (Å²) in [4.78, 5) is 0. The number of halogens is 1. The summed E-state index contributed by atoms with van der Waals surface area (Å²) < 4.78 is 42.3. The molecule has 0 aliphatic carbocycles. The van der Waals surface area contributed by atoms with E-state index in [9.17, 15) is 12.8 Å². The molecule has 0 N–H and O–H groups in total. The monoisotopic (exact) mass is 352 g/mol. The second-order valence-corrected chi connectivity index (χ2v) is 8.07. The van der Waals surface area contributed by atoms with Gasteiger partial charge in [0.05, 0.1) is 5.75 Å². The minimum absolute atomic E-state index is 0.215. The molecule has 1 unspecified atom stereocenters. The van der Waals surface area contributed by atoms with Gasteiger partial charge in [-0.3, -0.25) is 0 Å². The van der Waals surface area contributed by atoms with Crippen molar-refractivity contribution in [1.29, 1.82) is 0 Å². The first-order valence-electron chi connectivity index (χ1n) is 8.07. The summed E-state index contributed by atoms with van der Waals surface area (Å²) in [5.41, 5.74) is 0.215. The summed E-state index contributed by atoms with van der Waals surface area (Å²) in [7, 11) is -3.51. The van der Waals surface area contributed by atoms with Gasteiger partial charge in [0.15, 0.2) is 0 Å². The SMILES string of the molecule is CCn1cnnc1CC1CCN(S(=O)(=O)Cc2ccccc2F)C1. The van der Waals surface area contributed by atoms with Crippen molar-refractivity contribution < 1.29 is 12.8 Å². The lowest BCUT2D eigenvalue weighted by Gasteiger charge is -2.17. The van der Waals surface area contributed by atoms with Gasteiger partial charge >= 0.3 is 0 Å². The molecule has 2 heterocycles. The minimum atomic E-state index is -3.51. The van der Waals surface area contributed by atoms with Crippen LogP contribution >= 0.6 is 0 Å². The van der Waals surface area contributed by atoms with Gasteiger partial charge in [-0.2, -0.15) is 0 Å². The molecule has 1 aromatic heterocycles. The maximum atomic E-state index is 13.7. The molecule has 8 heteroatoms. The summed E-state index contributed by atoms with van der Waals surface area (Å²) in [6, 6.07) is 6.01. The number of hydrogen-bond acceptors (Lipinski definition) is 4. The third kappa shape index (κ3) is 3.64. The fraction of sp³-hybridized carbons (Fsp3) is 0.500. The highest BCUT2D eigenvalue weighted by atomic mass is 32.2. The fourth-order valence-electron chi connectivity index (χ4n) is 3.08. The Labute approximate surface area is 141 Å². The molecular formula is C16H21FN4O2S. The molecule has 0 radical (unpaired) electrons. The second-order valence-electron chi connectivity index (χ2n) is 6.10. The van der Waals surface area contributed by atoms with Gasteiger partial charge in [-0.05, 0) is 25.3 Å². The van der Waals surface area contributed by atoms with E-state index in [0.717, 1.165) is 18.8 Å². The molecule has 0 bridgehead atoms. The third-order valence-corrected chi connectivity index (χ3v) is 6.24. The zero-order valence-electron chi connectivity index (χ0n) is 13.6. The highest BCUT2D eigenvalue weighted by molar-refractivity contribution is 7.88. The predicted molar refractivity (Wildman–Crippen MR) is 88.1 cm³/mol. The van der Waals surface area contributed by atoms with Crippen molar-refractivity contribution >= 4 is 10.0 Å². The first kappa shape index (κ1) is 17.0. The van der Waals surface area contributed by atoms with E-state index in [1.54, 1.807) is 18.5 Å². The highest BCUT2D eigenvalue weighted by Gasteiger charge is 2.32. The molecule has 0 spiro atoms. The Morgan fingerprint density at radius 3 is 2.88 bits per heavy atom. The average molecular weight is 352 g/mol. The van der Waals surface area contributed by atoms with E-state index < -0.39 is 15.8 Å². The molecule has 24 heavy (non-hydrogen) atoms. The maximum Gasteiger partial charge on any atom is 0.218 e. The molecular weight excluding hydrogens is 331 g/mol. The maximum absolute atomic E-state index is 13.7. The van der Waals surface area contributed by atoms with Crippen molar-refractivity contribution in [1.82, 2.24) is 19.1 Å². The van der Waals surface area contributed by atoms with Crippen molar-refractivity contribution in [3.8, 4) is 0 Å². The van der Waals surface area contributed by atoms with Gasteiger partial charge in [-0.1, -0.05) is 18.2 Å². The summed E-state index contributed by atoms with van der Waals surface area (Å²) in [5, 5.41) is 8.02. The van der Waals surface area contributed by atoms with Gasteiger partial charge in [-0.15, -0.1) is 10.2 Å². The van der Waals surface area contributed by atoms with Gasteiger partial charge in [0.1, 0.15) is 18.0 Å². The first-order chi connectivity index (χ1) is 11.5. The van der Waals surface area contributed by atoms with Crippen molar-refractivity contribution in [2.75, 3.05) is 13.1 Å². The molecule has 1 fully saturated rings. The van der Waals surface area contributed by atoms with Crippen LogP contribution < -0.4 is 0 Å². The van der Waals surface area contributed by atoms with Crippen LogP contribution in [0, 0.1) is 11.7 Å². The number of aryl methyl sites for hydroxylation is 1. The number of benzene rings is 1. The quantitative estimate of drug-likeness (QED) is 0.795. The van der Waals surface area contributed by atoms with Crippen molar-refractivity contribution in [3.05, 3.63) is 47.8 Å². The van der Waals surface area contributed by atoms with Crippen LogP contribution in [0.4, 0.5) is 4.39 Å². The van der Waals surface area contributed by atoms with Crippen LogP contribution in [0.3, 0.4) is 0 Å². The largest absolute Gasteiger partial charge is 0.318 e. The second kappa shape index (κ2) is 6.98. The van der Waals surface area contributed by atoms with Crippen molar-refractivity contribution in [2.24, 2.45) is 5.92 Å². The molecule has 130 valence electrons. The van der Waals surface area contributed by atoms with Crippen molar-refractivity contribution in [3.63, 3.8) is 0 Å². The van der Waals surface area contributed by atoms with E-state index >= 15 is 0 Å². The Bertz CT molecular complexity index is 806. The van der Waals surface area contributed by atoms with E-state index in [1.807, 2.05) is 11.5 Å². The van der Waals surface area contributed by atoms with Crippen molar-refractivity contribution in [2.45, 2.75) is 32.1 Å². The molecule has 0 saturated carbocycles. The lowest BCUT2D eigenvalue weighted by Crippen LogP contribution is -2.30. The predicted octanol–water partition coefficient (Wildman–Crippen LogP) is 1.83. The Morgan fingerprint density at radius 1 is 1.33 bits per heavy atom. The lowest BCUT2D eigenvalue weighted by molar-refractivity contribution is 0.449. The molecule has 3 rings (SSSR count). The van der Waals surface area contributed by atoms with Gasteiger partial charge in [0.2, 0.25) is 10.0 Å². The summed E-state index contributed by atoms with van der Waals surface area (Å²) >= 11 is 0. The van der Waals surface area contributed by atoms with Gasteiger partial charge in [0.25, 0.3) is 0 Å². The number of aromatic nitrogens is 3. The Balaban J connectivity index is 1.65. The van der Waals surface area contributed by atoms with E-state index in [1.165, 1.54) is 16.4 Å². The van der Waals surface area contributed by atoms with Crippen LogP contribution in [0.1, 0.15) is 24.7 Å². The Hall–Kier alpha value is -1.80. The van der Waals surface area contributed by atoms with Crippen LogP contribution in [0.5, 0.6) is 0 Å². The molecule has 1 aromatic carbocycles. The smallest absolute Gasteiger partial charge is 0.218 e. The Kier molecular flexibility index (Phi) is 4.96. The first-order valence-corrected chi connectivity index (χ1v) is 9.68. The molecule has 1 atom stereocenters. The summed E-state index contributed by atoms with van der Waals surface area (Å²) in [6.07, 6.45) is 3.18. The van der Waals surface area contributed by atoms with Crippen LogP contribution in [0.2, 0.25) is 0 Å². The zero-order valence-corrected chi connectivity index (χ0v) is 14.4.